The van der Waals surface area contributed by atoms with Crippen LogP contribution in [0.5, 0.6) is 0 Å². The molecule has 2 heterocycles. The maximum Gasteiger partial charge on any atom is 0.0575 e. The average Bonchev–Trinajstić information content (AvgIpc) is 2.77. The normalized spacial score (nSPS) is 25.0. The lowest BCUT2D eigenvalue weighted by atomic mass is 10.0. The van der Waals surface area contributed by atoms with Gasteiger partial charge in [-0.1, -0.05) is 39.5 Å². The fourth-order valence-electron chi connectivity index (χ4n) is 4.91. The van der Waals surface area contributed by atoms with Crippen LogP contribution in [-0.2, 0) is 9.47 Å². The molecule has 2 rings (SSSR count). The van der Waals surface area contributed by atoms with Gasteiger partial charge in [0.2, 0.25) is 0 Å². The molecule has 2 saturated heterocycles. The van der Waals surface area contributed by atoms with Crippen LogP contribution in [0.25, 0.3) is 0 Å². The molecule has 4 unspecified atom stereocenters. The number of thioether (sulfide) groups is 1. The molecule has 0 saturated carbocycles. The van der Waals surface area contributed by atoms with Crippen LogP contribution >= 0.6 is 11.8 Å². The summed E-state index contributed by atoms with van der Waals surface area (Å²) in [6.45, 7) is 6.69. The number of rotatable bonds is 16. The zero-order valence-corrected chi connectivity index (χ0v) is 20.5. The van der Waals surface area contributed by atoms with Crippen LogP contribution in [0.3, 0.4) is 0 Å². The van der Waals surface area contributed by atoms with Crippen LogP contribution in [0.2, 0.25) is 0 Å². The van der Waals surface area contributed by atoms with E-state index in [0.717, 1.165) is 23.7 Å². The van der Waals surface area contributed by atoms with Gasteiger partial charge in [-0.2, -0.15) is 11.8 Å². The summed E-state index contributed by atoms with van der Waals surface area (Å²) < 4.78 is 11.9. The third-order valence-corrected chi connectivity index (χ3v) is 8.51. The van der Waals surface area contributed by atoms with Gasteiger partial charge in [0, 0.05) is 23.7 Å². The molecular weight excluding hydrogens is 376 g/mol. The van der Waals surface area contributed by atoms with Gasteiger partial charge in [-0.3, -0.25) is 0 Å². The molecule has 2 fully saturated rings. The Labute approximate surface area is 186 Å². The van der Waals surface area contributed by atoms with Crippen LogP contribution in [0.15, 0.2) is 0 Å². The predicted octanol–water partition coefficient (Wildman–Crippen LogP) is 8.32. The molecule has 2 nitrogen and oxygen atoms in total. The van der Waals surface area contributed by atoms with Gasteiger partial charge in [0.1, 0.15) is 0 Å². The largest absolute Gasteiger partial charge is 0.378 e. The third kappa shape index (κ3) is 12.0. The zero-order chi connectivity index (χ0) is 20.6. The Hall–Kier alpha value is 0.270. The lowest BCUT2D eigenvalue weighted by Crippen LogP contribution is -2.20. The first-order valence-corrected chi connectivity index (χ1v) is 14.1. The van der Waals surface area contributed by atoms with Crippen molar-refractivity contribution in [3.8, 4) is 0 Å². The maximum absolute atomic E-state index is 5.97. The van der Waals surface area contributed by atoms with Crippen molar-refractivity contribution in [1.82, 2.24) is 0 Å². The smallest absolute Gasteiger partial charge is 0.0575 e. The van der Waals surface area contributed by atoms with Crippen molar-refractivity contribution < 1.29 is 9.47 Å². The Bertz CT molecular complexity index is 330. The average molecular weight is 427 g/mol. The molecule has 2 aliphatic rings. The fraction of sp³-hybridized carbons (Fsp3) is 1.00. The second kappa shape index (κ2) is 16.9. The van der Waals surface area contributed by atoms with Crippen LogP contribution in [0, 0.1) is 0 Å². The van der Waals surface area contributed by atoms with Crippen molar-refractivity contribution in [3.05, 3.63) is 0 Å². The maximum atomic E-state index is 5.97. The second-order valence-corrected chi connectivity index (χ2v) is 11.1. The topological polar surface area (TPSA) is 18.5 Å². The van der Waals surface area contributed by atoms with Gasteiger partial charge in [-0.05, 0) is 89.9 Å². The van der Waals surface area contributed by atoms with Gasteiger partial charge >= 0.3 is 0 Å². The molecule has 0 N–H and O–H groups in total. The first kappa shape index (κ1) is 25.5. The lowest BCUT2D eigenvalue weighted by molar-refractivity contribution is 0.00979. The number of hydrogen-bond donors (Lipinski definition) is 0. The molecule has 29 heavy (non-hydrogen) atoms. The molecule has 172 valence electrons. The summed E-state index contributed by atoms with van der Waals surface area (Å²) in [6.07, 6.45) is 25.4. The number of hydrogen-bond acceptors (Lipinski definition) is 3. The molecule has 0 aromatic heterocycles. The summed E-state index contributed by atoms with van der Waals surface area (Å²) in [5, 5.41) is 1.73. The molecule has 0 aliphatic carbocycles. The summed E-state index contributed by atoms with van der Waals surface area (Å²) in [6, 6.07) is 0. The highest BCUT2D eigenvalue weighted by atomic mass is 32.2. The SMILES string of the molecule is CCCCC(CCCC1CCCCO1)SC(CCCC)CCCC1CCCCO1. The zero-order valence-electron chi connectivity index (χ0n) is 19.7. The fourth-order valence-corrected chi connectivity index (χ4v) is 6.67. The Morgan fingerprint density at radius 1 is 0.655 bits per heavy atom. The van der Waals surface area contributed by atoms with E-state index < -0.39 is 0 Å². The molecule has 2 aliphatic heterocycles. The quantitative estimate of drug-likeness (QED) is 0.247. The second-order valence-electron chi connectivity index (χ2n) is 9.50. The molecule has 0 radical (unpaired) electrons. The molecule has 3 heteroatoms. The first-order chi connectivity index (χ1) is 14.3. The number of ether oxygens (including phenoxy) is 2. The van der Waals surface area contributed by atoms with Gasteiger partial charge in [0.25, 0.3) is 0 Å². The van der Waals surface area contributed by atoms with Crippen LogP contribution in [-0.4, -0.2) is 35.9 Å². The molecule has 0 aromatic carbocycles. The summed E-state index contributed by atoms with van der Waals surface area (Å²) >= 11 is 2.36. The number of unbranched alkanes of at least 4 members (excludes halogenated alkanes) is 2. The highest BCUT2D eigenvalue weighted by molar-refractivity contribution is 8.00. The first-order valence-electron chi connectivity index (χ1n) is 13.2. The minimum absolute atomic E-state index is 0.562. The van der Waals surface area contributed by atoms with E-state index in [4.69, 9.17) is 9.47 Å². The van der Waals surface area contributed by atoms with Crippen molar-refractivity contribution in [2.45, 2.75) is 152 Å². The highest BCUT2D eigenvalue weighted by Gasteiger charge is 2.20. The molecule has 0 aromatic rings. The van der Waals surface area contributed by atoms with Gasteiger partial charge in [0.05, 0.1) is 12.2 Å². The summed E-state index contributed by atoms with van der Waals surface area (Å²) in [7, 11) is 0. The Morgan fingerprint density at radius 3 is 1.48 bits per heavy atom. The van der Waals surface area contributed by atoms with E-state index in [0.29, 0.717) is 12.2 Å². The minimum Gasteiger partial charge on any atom is -0.378 e. The van der Waals surface area contributed by atoms with E-state index in [9.17, 15) is 0 Å². The Kier molecular flexibility index (Phi) is 14.9. The van der Waals surface area contributed by atoms with E-state index in [-0.39, 0.29) is 0 Å². The molecular formula is C26H50O2S. The van der Waals surface area contributed by atoms with Gasteiger partial charge in [0.15, 0.2) is 0 Å². The Balaban J connectivity index is 1.72. The monoisotopic (exact) mass is 426 g/mol. The minimum atomic E-state index is 0.562. The van der Waals surface area contributed by atoms with E-state index in [1.165, 1.54) is 116 Å². The van der Waals surface area contributed by atoms with E-state index in [1.54, 1.807) is 0 Å². The summed E-state index contributed by atoms with van der Waals surface area (Å²) in [5.74, 6) is 0. The van der Waals surface area contributed by atoms with Crippen molar-refractivity contribution in [2.75, 3.05) is 13.2 Å². The molecule has 4 atom stereocenters. The van der Waals surface area contributed by atoms with Crippen LogP contribution in [0.1, 0.15) is 129 Å². The Morgan fingerprint density at radius 2 is 1.10 bits per heavy atom. The summed E-state index contributed by atoms with van der Waals surface area (Å²) in [5.41, 5.74) is 0. The molecule has 0 bridgehead atoms. The van der Waals surface area contributed by atoms with Crippen molar-refractivity contribution in [1.29, 1.82) is 0 Å². The van der Waals surface area contributed by atoms with E-state index >= 15 is 0 Å². The van der Waals surface area contributed by atoms with Crippen molar-refractivity contribution in [3.63, 3.8) is 0 Å². The van der Waals surface area contributed by atoms with Crippen LogP contribution in [0.4, 0.5) is 0 Å². The van der Waals surface area contributed by atoms with E-state index in [1.807, 2.05) is 0 Å². The van der Waals surface area contributed by atoms with Crippen molar-refractivity contribution in [2.24, 2.45) is 0 Å². The third-order valence-electron chi connectivity index (χ3n) is 6.80. The van der Waals surface area contributed by atoms with Gasteiger partial charge in [-0.25, -0.2) is 0 Å². The van der Waals surface area contributed by atoms with Crippen molar-refractivity contribution >= 4 is 11.8 Å². The van der Waals surface area contributed by atoms with Crippen LogP contribution < -0.4 is 0 Å². The van der Waals surface area contributed by atoms with E-state index in [2.05, 4.69) is 25.6 Å². The standard InChI is InChI=1S/C26H50O2S/c1-3-5-17-25(19-11-15-23-13-7-9-21-27-23)29-26(18-6-4-2)20-12-16-24-14-8-10-22-28-24/h23-26H,3-22H2,1-2H3. The molecule has 0 amide bonds. The van der Waals surface area contributed by atoms with Gasteiger partial charge < -0.3 is 9.47 Å². The lowest BCUT2D eigenvalue weighted by Gasteiger charge is -2.27. The van der Waals surface area contributed by atoms with Gasteiger partial charge in [-0.15, -0.1) is 0 Å². The highest BCUT2D eigenvalue weighted by Crippen LogP contribution is 2.33. The molecule has 0 spiro atoms. The predicted molar refractivity (Wildman–Crippen MR) is 129 cm³/mol. The summed E-state index contributed by atoms with van der Waals surface area (Å²) in [4.78, 5) is 0.